The lowest BCUT2D eigenvalue weighted by atomic mass is 10.3. The fourth-order valence-electron chi connectivity index (χ4n) is 1.88. The summed E-state index contributed by atoms with van der Waals surface area (Å²) in [6.07, 6.45) is 2.59. The highest BCUT2D eigenvalue weighted by molar-refractivity contribution is 9.10. The summed E-state index contributed by atoms with van der Waals surface area (Å²) in [7, 11) is 0. The second-order valence-corrected chi connectivity index (χ2v) is 5.34. The van der Waals surface area contributed by atoms with Crippen LogP contribution in [0.4, 0.5) is 0 Å². The lowest BCUT2D eigenvalue weighted by Crippen LogP contribution is -2.06. The van der Waals surface area contributed by atoms with Gasteiger partial charge in [-0.05, 0) is 41.4 Å². The van der Waals surface area contributed by atoms with Crippen molar-refractivity contribution in [1.29, 1.82) is 0 Å². The lowest BCUT2D eigenvalue weighted by Gasteiger charge is -2.08. The summed E-state index contributed by atoms with van der Waals surface area (Å²) in [5.41, 5.74) is 2.94. The first-order valence-electron chi connectivity index (χ1n) is 6.57. The molecule has 0 aliphatic carbocycles. The van der Waals surface area contributed by atoms with Crippen molar-refractivity contribution in [1.82, 2.24) is 14.8 Å². The summed E-state index contributed by atoms with van der Waals surface area (Å²) in [5, 5.41) is 4.54. The van der Waals surface area contributed by atoms with Gasteiger partial charge in [-0.2, -0.15) is 5.10 Å². The van der Waals surface area contributed by atoms with E-state index in [1.807, 2.05) is 16.8 Å². The monoisotopic (exact) mass is 357 g/mol. The zero-order valence-corrected chi connectivity index (χ0v) is 13.9. The predicted molar refractivity (Wildman–Crippen MR) is 83.1 cm³/mol. The van der Waals surface area contributed by atoms with E-state index < -0.39 is 0 Å². The van der Waals surface area contributed by atoms with Crippen LogP contribution in [0.3, 0.4) is 0 Å². The third-order valence-corrected chi connectivity index (χ3v) is 4.19. The molecule has 2 heterocycles. The molecular formula is C14H17BrClN3O. The molecule has 0 bridgehead atoms. The smallest absolute Gasteiger partial charge is 0.138 e. The molecule has 2 aromatic heterocycles. The molecule has 0 N–H and O–H groups in total. The zero-order chi connectivity index (χ0) is 14.5. The summed E-state index contributed by atoms with van der Waals surface area (Å²) in [6.45, 7) is 5.44. The van der Waals surface area contributed by atoms with Crippen LogP contribution >= 0.6 is 27.5 Å². The molecule has 0 saturated carbocycles. The summed E-state index contributed by atoms with van der Waals surface area (Å²) in [5.74, 6) is 1.14. The number of pyridine rings is 1. The number of aromatic nitrogens is 3. The van der Waals surface area contributed by atoms with E-state index in [2.05, 4.69) is 39.9 Å². The van der Waals surface area contributed by atoms with Crippen molar-refractivity contribution in [3.63, 3.8) is 0 Å². The molecule has 20 heavy (non-hydrogen) atoms. The topological polar surface area (TPSA) is 39.9 Å². The molecule has 0 fully saturated rings. The van der Waals surface area contributed by atoms with Gasteiger partial charge in [0.15, 0.2) is 0 Å². The van der Waals surface area contributed by atoms with Crippen LogP contribution in [0.15, 0.2) is 22.8 Å². The quantitative estimate of drug-likeness (QED) is 0.734. The van der Waals surface area contributed by atoms with Crippen molar-refractivity contribution in [3.8, 4) is 5.75 Å². The largest absolute Gasteiger partial charge is 0.486 e. The van der Waals surface area contributed by atoms with E-state index in [-0.39, 0.29) is 0 Å². The van der Waals surface area contributed by atoms with Gasteiger partial charge in [0, 0.05) is 6.54 Å². The highest BCUT2D eigenvalue weighted by Crippen LogP contribution is 2.24. The first kappa shape index (κ1) is 15.3. The number of rotatable bonds is 6. The maximum atomic E-state index is 5.78. The van der Waals surface area contributed by atoms with Crippen molar-refractivity contribution in [2.45, 2.75) is 39.3 Å². The maximum Gasteiger partial charge on any atom is 0.138 e. The average molecular weight is 359 g/mol. The third-order valence-electron chi connectivity index (χ3n) is 3.00. The first-order chi connectivity index (χ1) is 9.69. The lowest BCUT2D eigenvalue weighted by molar-refractivity contribution is 0.290. The van der Waals surface area contributed by atoms with Crippen LogP contribution < -0.4 is 4.74 Å². The Hall–Kier alpha value is -1.07. The molecule has 0 aliphatic heterocycles. The Morgan fingerprint density at radius 1 is 1.35 bits per heavy atom. The van der Waals surface area contributed by atoms with Gasteiger partial charge in [-0.25, -0.2) is 0 Å². The standard InChI is InChI=1S/C14H17BrClN3O/c1-3-12-14(15)13(19(4-2)18-12)9-20-11-6-5-10(7-16)17-8-11/h5-6,8H,3-4,7,9H2,1-2H3. The minimum absolute atomic E-state index is 0.411. The molecule has 0 saturated heterocycles. The molecule has 4 nitrogen and oxygen atoms in total. The van der Waals surface area contributed by atoms with Gasteiger partial charge in [-0.3, -0.25) is 9.67 Å². The van der Waals surface area contributed by atoms with E-state index in [0.717, 1.165) is 40.3 Å². The Morgan fingerprint density at radius 3 is 2.70 bits per heavy atom. The van der Waals surface area contributed by atoms with Gasteiger partial charge in [0.05, 0.1) is 33.6 Å². The van der Waals surface area contributed by atoms with Gasteiger partial charge in [-0.15, -0.1) is 11.6 Å². The maximum absolute atomic E-state index is 5.78. The first-order valence-corrected chi connectivity index (χ1v) is 7.90. The van der Waals surface area contributed by atoms with Gasteiger partial charge >= 0.3 is 0 Å². The van der Waals surface area contributed by atoms with Crippen molar-refractivity contribution in [2.75, 3.05) is 0 Å². The normalized spacial score (nSPS) is 10.8. The van der Waals surface area contributed by atoms with Crippen molar-refractivity contribution >= 4 is 27.5 Å². The Balaban J connectivity index is 2.11. The van der Waals surface area contributed by atoms with E-state index in [0.29, 0.717) is 12.5 Å². The number of hydrogen-bond acceptors (Lipinski definition) is 3. The van der Waals surface area contributed by atoms with Crippen LogP contribution in [0.5, 0.6) is 5.75 Å². The van der Waals surface area contributed by atoms with Gasteiger partial charge in [0.2, 0.25) is 0 Å². The second kappa shape index (κ2) is 7.09. The highest BCUT2D eigenvalue weighted by atomic mass is 79.9. The number of ether oxygens (including phenoxy) is 1. The fourth-order valence-corrected chi connectivity index (χ4v) is 2.72. The van der Waals surface area contributed by atoms with Crippen molar-refractivity contribution in [3.05, 3.63) is 39.9 Å². The summed E-state index contributed by atoms with van der Waals surface area (Å²) >= 11 is 9.31. The van der Waals surface area contributed by atoms with Gasteiger partial charge in [0.1, 0.15) is 12.4 Å². The Morgan fingerprint density at radius 2 is 2.15 bits per heavy atom. The minimum Gasteiger partial charge on any atom is -0.486 e. The van der Waals surface area contributed by atoms with Gasteiger partial charge in [0.25, 0.3) is 0 Å². The molecule has 0 atom stereocenters. The Kier molecular flexibility index (Phi) is 5.43. The van der Waals surface area contributed by atoms with Crippen molar-refractivity contribution < 1.29 is 4.74 Å². The average Bonchev–Trinajstić information content (AvgIpc) is 2.81. The van der Waals surface area contributed by atoms with E-state index >= 15 is 0 Å². The summed E-state index contributed by atoms with van der Waals surface area (Å²) in [6, 6.07) is 3.75. The molecule has 0 aliphatic rings. The zero-order valence-electron chi connectivity index (χ0n) is 11.6. The fraction of sp³-hybridized carbons (Fsp3) is 0.429. The molecule has 0 spiro atoms. The molecule has 6 heteroatoms. The predicted octanol–water partition coefficient (Wildman–Crippen LogP) is 3.94. The van der Waals surface area contributed by atoms with E-state index in [1.54, 1.807) is 6.20 Å². The summed E-state index contributed by atoms with van der Waals surface area (Å²) < 4.78 is 8.77. The number of hydrogen-bond donors (Lipinski definition) is 0. The molecule has 0 unspecified atom stereocenters. The second-order valence-electron chi connectivity index (χ2n) is 4.28. The SMILES string of the molecule is CCc1nn(CC)c(COc2ccc(CCl)nc2)c1Br. The molecule has 2 rings (SSSR count). The van der Waals surface area contributed by atoms with E-state index in [1.165, 1.54) is 0 Å². The Bertz CT molecular complexity index is 569. The Labute approximate surface area is 132 Å². The molecule has 0 amide bonds. The van der Waals surface area contributed by atoms with E-state index in [9.17, 15) is 0 Å². The summed E-state index contributed by atoms with van der Waals surface area (Å²) in [4.78, 5) is 4.20. The van der Waals surface area contributed by atoms with Crippen LogP contribution in [-0.2, 0) is 25.5 Å². The van der Waals surface area contributed by atoms with Crippen LogP contribution in [0.2, 0.25) is 0 Å². The highest BCUT2D eigenvalue weighted by Gasteiger charge is 2.14. The van der Waals surface area contributed by atoms with Crippen LogP contribution in [0, 0.1) is 0 Å². The van der Waals surface area contributed by atoms with Crippen molar-refractivity contribution in [2.24, 2.45) is 0 Å². The molecule has 2 aromatic rings. The van der Waals surface area contributed by atoms with E-state index in [4.69, 9.17) is 16.3 Å². The molecule has 0 radical (unpaired) electrons. The molecule has 108 valence electrons. The van der Waals surface area contributed by atoms with Gasteiger partial charge in [-0.1, -0.05) is 6.92 Å². The van der Waals surface area contributed by atoms with Crippen LogP contribution in [0.25, 0.3) is 0 Å². The van der Waals surface area contributed by atoms with Gasteiger partial charge < -0.3 is 4.74 Å². The number of nitrogens with zero attached hydrogens (tertiary/aromatic N) is 3. The molecule has 0 aromatic carbocycles. The number of aryl methyl sites for hydroxylation is 2. The number of alkyl halides is 1. The minimum atomic E-state index is 0.411. The van der Waals surface area contributed by atoms with Crippen LogP contribution in [-0.4, -0.2) is 14.8 Å². The molecular weight excluding hydrogens is 342 g/mol. The number of halogens is 2. The third kappa shape index (κ3) is 3.33. The van der Waals surface area contributed by atoms with Crippen LogP contribution in [0.1, 0.15) is 30.9 Å².